The number of carbonyl (C=O) groups is 2. The number of para-hydroxylation sites is 2. The second-order valence-corrected chi connectivity index (χ2v) is 12.0. The van der Waals surface area contributed by atoms with Gasteiger partial charge in [-0.1, -0.05) is 48.5 Å². The van der Waals surface area contributed by atoms with Crippen LogP contribution in [0, 0.1) is 6.92 Å². The molecule has 4 aromatic rings. The zero-order valence-corrected chi connectivity index (χ0v) is 24.0. The lowest BCUT2D eigenvalue weighted by Crippen LogP contribution is -2.55. The summed E-state index contributed by atoms with van der Waals surface area (Å²) in [4.78, 5) is 28.9. The van der Waals surface area contributed by atoms with Gasteiger partial charge in [0.15, 0.2) is 0 Å². The van der Waals surface area contributed by atoms with Crippen LogP contribution in [0.25, 0.3) is 10.8 Å². The van der Waals surface area contributed by atoms with Crippen LogP contribution in [0.4, 0.5) is 17.1 Å². The topological polar surface area (TPSA) is 125 Å². The minimum atomic E-state index is -4.14. The van der Waals surface area contributed by atoms with E-state index in [0.717, 1.165) is 21.9 Å². The highest BCUT2D eigenvalue weighted by Crippen LogP contribution is 2.38. The molecule has 0 aliphatic carbocycles. The number of likely N-dealkylation sites (N-methyl/N-ethyl adjacent to an activating group) is 1. The Morgan fingerprint density at radius 1 is 0.976 bits per heavy atom. The first-order chi connectivity index (χ1) is 19.6. The number of aryl methyl sites for hydroxylation is 1. The number of anilines is 3. The summed E-state index contributed by atoms with van der Waals surface area (Å²) in [7, 11) is -2.50. The van der Waals surface area contributed by atoms with Crippen molar-refractivity contribution in [3.8, 4) is 0 Å². The quantitative estimate of drug-likeness (QED) is 0.292. The van der Waals surface area contributed by atoms with Crippen LogP contribution in [0.5, 0.6) is 0 Å². The predicted molar refractivity (Wildman–Crippen MR) is 162 cm³/mol. The first-order valence-electron chi connectivity index (χ1n) is 13.4. The molecule has 212 valence electrons. The van der Waals surface area contributed by atoms with Crippen molar-refractivity contribution >= 4 is 49.7 Å². The predicted octanol–water partition coefficient (Wildman–Crippen LogP) is 3.57. The van der Waals surface area contributed by atoms with Gasteiger partial charge < -0.3 is 21.3 Å². The molecular formula is C31H33N5O4S. The number of carbonyl (C=O) groups excluding carboxylic acids is 2. The van der Waals surface area contributed by atoms with Crippen LogP contribution in [0.1, 0.15) is 18.1 Å². The Kier molecular flexibility index (Phi) is 7.70. The average Bonchev–Trinajstić information content (AvgIpc) is 3.09. The molecular weight excluding hydrogens is 538 g/mol. The molecule has 0 saturated carbocycles. The lowest BCUT2D eigenvalue weighted by molar-refractivity contribution is -0.128. The molecule has 0 spiro atoms. The third-order valence-corrected chi connectivity index (χ3v) is 9.35. The summed E-state index contributed by atoms with van der Waals surface area (Å²) >= 11 is 0. The Labute approximate surface area is 240 Å². The van der Waals surface area contributed by atoms with Crippen LogP contribution in [-0.4, -0.2) is 45.9 Å². The third-order valence-electron chi connectivity index (χ3n) is 7.56. The number of rotatable bonds is 7. The van der Waals surface area contributed by atoms with Gasteiger partial charge >= 0.3 is 0 Å². The molecule has 1 unspecified atom stereocenters. The molecule has 0 radical (unpaired) electrons. The Hall–Kier alpha value is -4.41. The van der Waals surface area contributed by atoms with Crippen molar-refractivity contribution in [3.05, 3.63) is 96.1 Å². The van der Waals surface area contributed by atoms with Crippen molar-refractivity contribution in [2.24, 2.45) is 0 Å². The van der Waals surface area contributed by atoms with Crippen LogP contribution in [-0.2, 0) is 26.2 Å². The monoisotopic (exact) mass is 571 g/mol. The van der Waals surface area contributed by atoms with E-state index in [9.17, 15) is 18.0 Å². The zero-order valence-electron chi connectivity index (χ0n) is 23.2. The van der Waals surface area contributed by atoms with Crippen LogP contribution in [0.3, 0.4) is 0 Å². The second-order valence-electron chi connectivity index (χ2n) is 10.2. The second kappa shape index (κ2) is 11.2. The summed E-state index contributed by atoms with van der Waals surface area (Å²) in [5.74, 6) is -0.820. The smallest absolute Gasteiger partial charge is 0.264 e. The summed E-state index contributed by atoms with van der Waals surface area (Å²) in [6.07, 6.45) is 0. The molecule has 1 aliphatic rings. The molecule has 2 atom stereocenters. The number of hydrogen-bond donors (Lipinski definition) is 3. The summed E-state index contributed by atoms with van der Waals surface area (Å²) in [6.45, 7) is 3.57. The van der Waals surface area contributed by atoms with Crippen molar-refractivity contribution in [3.63, 3.8) is 0 Å². The van der Waals surface area contributed by atoms with Gasteiger partial charge in [-0.15, -0.1) is 0 Å². The maximum absolute atomic E-state index is 14.3. The van der Waals surface area contributed by atoms with Crippen molar-refractivity contribution in [2.75, 3.05) is 28.5 Å². The summed E-state index contributed by atoms with van der Waals surface area (Å²) in [5, 5.41) is 7.71. The molecule has 0 fully saturated rings. The minimum absolute atomic E-state index is 0.0287. The summed E-state index contributed by atoms with van der Waals surface area (Å²) in [5.41, 5.74) is 8.95. The molecule has 41 heavy (non-hydrogen) atoms. The number of nitrogens with zero attached hydrogens (tertiary/aromatic N) is 2. The van der Waals surface area contributed by atoms with Crippen LogP contribution >= 0.6 is 0 Å². The molecule has 9 nitrogen and oxygen atoms in total. The standard InChI is InChI=1S/C31H33N5O4S/c1-20-12-13-22-8-4-5-9-25(22)26(20)18-35-28-10-6-7-11-29(28)36(41(39,40)24-16-14-23(32)15-17-24)19-27(31(35)38)34-30(37)21(2)33-3/h4-17,21,27,33H,18-19,32H2,1-3H3,(H,34,37)/t21?,27-/m0/s1. The van der Waals surface area contributed by atoms with E-state index in [-0.39, 0.29) is 18.0 Å². The Bertz CT molecular complexity index is 1720. The molecule has 1 aliphatic heterocycles. The lowest BCUT2D eigenvalue weighted by Gasteiger charge is -2.27. The SMILES string of the molecule is CNC(C)C(=O)N[C@H]1CN(S(=O)(=O)c2ccc(N)cc2)c2ccccc2N(Cc2c(C)ccc3ccccc23)C1=O. The summed E-state index contributed by atoms with van der Waals surface area (Å²) in [6, 6.07) is 23.1. The highest BCUT2D eigenvalue weighted by atomic mass is 32.2. The Morgan fingerprint density at radius 2 is 1.63 bits per heavy atom. The largest absolute Gasteiger partial charge is 0.399 e. The van der Waals surface area contributed by atoms with E-state index in [1.54, 1.807) is 43.1 Å². The zero-order chi connectivity index (χ0) is 29.3. The van der Waals surface area contributed by atoms with Crippen LogP contribution < -0.4 is 25.6 Å². The van der Waals surface area contributed by atoms with E-state index in [1.807, 2.05) is 43.3 Å². The number of sulfonamides is 1. The number of amides is 2. The van der Waals surface area contributed by atoms with E-state index >= 15 is 0 Å². The van der Waals surface area contributed by atoms with Gasteiger partial charge in [-0.3, -0.25) is 13.9 Å². The van der Waals surface area contributed by atoms with Gasteiger partial charge in [-0.2, -0.15) is 0 Å². The van der Waals surface area contributed by atoms with E-state index in [4.69, 9.17) is 5.73 Å². The fraction of sp³-hybridized carbons (Fsp3) is 0.226. The summed E-state index contributed by atoms with van der Waals surface area (Å²) < 4.78 is 29.3. The highest BCUT2D eigenvalue weighted by molar-refractivity contribution is 7.92. The number of fused-ring (bicyclic) bond motifs is 2. The molecule has 5 rings (SSSR count). The normalized spacial score (nSPS) is 16.3. The van der Waals surface area contributed by atoms with E-state index in [2.05, 4.69) is 10.6 Å². The van der Waals surface area contributed by atoms with Gasteiger partial charge in [0.2, 0.25) is 5.91 Å². The molecule has 10 heteroatoms. The van der Waals surface area contributed by atoms with Crippen molar-refractivity contribution < 1.29 is 18.0 Å². The van der Waals surface area contributed by atoms with E-state index in [0.29, 0.717) is 17.1 Å². The van der Waals surface area contributed by atoms with Crippen molar-refractivity contribution in [1.82, 2.24) is 10.6 Å². The van der Waals surface area contributed by atoms with Crippen LogP contribution in [0.2, 0.25) is 0 Å². The van der Waals surface area contributed by atoms with Gasteiger partial charge in [0.1, 0.15) is 6.04 Å². The number of nitrogen functional groups attached to an aromatic ring is 1. The molecule has 4 N–H and O–H groups in total. The van der Waals surface area contributed by atoms with Gasteiger partial charge in [0.05, 0.1) is 35.4 Å². The molecule has 4 aromatic carbocycles. The molecule has 0 bridgehead atoms. The third kappa shape index (κ3) is 5.36. The van der Waals surface area contributed by atoms with E-state index < -0.39 is 33.9 Å². The number of benzene rings is 4. The number of nitrogens with two attached hydrogens (primary N) is 1. The Morgan fingerprint density at radius 3 is 2.34 bits per heavy atom. The fourth-order valence-corrected chi connectivity index (χ4v) is 6.55. The first-order valence-corrected chi connectivity index (χ1v) is 14.8. The number of nitrogens with one attached hydrogen (secondary N) is 2. The van der Waals surface area contributed by atoms with Gasteiger partial charge in [0, 0.05) is 5.69 Å². The molecule has 1 heterocycles. The molecule has 2 amide bonds. The number of hydrogen-bond acceptors (Lipinski definition) is 6. The first kappa shape index (κ1) is 28.1. The molecule has 0 saturated heterocycles. The van der Waals surface area contributed by atoms with Gasteiger partial charge in [0.25, 0.3) is 15.9 Å². The van der Waals surface area contributed by atoms with Gasteiger partial charge in [-0.25, -0.2) is 8.42 Å². The lowest BCUT2D eigenvalue weighted by atomic mass is 9.99. The Balaban J connectivity index is 1.67. The molecule has 0 aromatic heterocycles. The van der Waals surface area contributed by atoms with Crippen molar-refractivity contribution in [1.29, 1.82) is 0 Å². The highest BCUT2D eigenvalue weighted by Gasteiger charge is 2.40. The minimum Gasteiger partial charge on any atom is -0.399 e. The van der Waals surface area contributed by atoms with Crippen molar-refractivity contribution in [2.45, 2.75) is 37.4 Å². The maximum atomic E-state index is 14.3. The van der Waals surface area contributed by atoms with E-state index in [1.165, 1.54) is 28.6 Å². The van der Waals surface area contributed by atoms with Crippen LogP contribution in [0.15, 0.2) is 89.8 Å². The average molecular weight is 572 g/mol. The maximum Gasteiger partial charge on any atom is 0.264 e. The fourth-order valence-electron chi connectivity index (χ4n) is 5.06. The van der Waals surface area contributed by atoms with Gasteiger partial charge in [-0.05, 0) is 79.2 Å².